The van der Waals surface area contributed by atoms with Gasteiger partial charge in [-0.1, -0.05) is 51.4 Å². The number of carbonyl (C=O) groups excluding carboxylic acids is 1. The Hall–Kier alpha value is -1.59. The van der Waals surface area contributed by atoms with E-state index in [1.54, 1.807) is 6.92 Å². The highest BCUT2D eigenvalue weighted by Gasteiger charge is 2.31. The number of esters is 1. The summed E-state index contributed by atoms with van der Waals surface area (Å²) in [5.41, 5.74) is 0.153. The third-order valence-corrected chi connectivity index (χ3v) is 6.28. The number of ether oxygens (including phenoxy) is 2. The predicted octanol–water partition coefficient (Wildman–Crippen LogP) is 6.51. The minimum Gasteiger partial charge on any atom is -0.481 e. The zero-order valence-electron chi connectivity index (χ0n) is 19.6. The van der Waals surface area contributed by atoms with Crippen LogP contribution in [-0.2, 0) is 25.7 Å². The predicted molar refractivity (Wildman–Crippen MR) is 122 cm³/mol. The molecule has 0 fully saturated rings. The van der Waals surface area contributed by atoms with Crippen molar-refractivity contribution in [3.05, 3.63) is 34.9 Å². The number of rotatable bonds is 11. The van der Waals surface area contributed by atoms with Crippen molar-refractivity contribution < 1.29 is 24.2 Å². The zero-order valence-corrected chi connectivity index (χ0v) is 20.3. The average molecular weight is 443 g/mol. The van der Waals surface area contributed by atoms with Crippen LogP contribution in [0.25, 0.3) is 0 Å². The van der Waals surface area contributed by atoms with Gasteiger partial charge in [0, 0.05) is 5.02 Å². The second-order valence-corrected chi connectivity index (χ2v) is 8.62. The van der Waals surface area contributed by atoms with Crippen LogP contribution in [0.15, 0.2) is 24.3 Å². The van der Waals surface area contributed by atoms with E-state index < -0.39 is 16.8 Å². The van der Waals surface area contributed by atoms with Gasteiger partial charge in [0.15, 0.2) is 0 Å². The Labute approximate surface area is 187 Å². The van der Waals surface area contributed by atoms with Crippen LogP contribution in [0.1, 0.15) is 79.7 Å². The van der Waals surface area contributed by atoms with Crippen molar-refractivity contribution in [3.8, 4) is 0 Å². The van der Waals surface area contributed by atoms with Gasteiger partial charge >= 0.3 is 11.9 Å². The molecule has 1 atom stereocenters. The van der Waals surface area contributed by atoms with Gasteiger partial charge in [0.25, 0.3) is 0 Å². The summed E-state index contributed by atoms with van der Waals surface area (Å²) >= 11 is 5.83. The van der Waals surface area contributed by atoms with Gasteiger partial charge in [-0.3, -0.25) is 9.59 Å². The molecule has 172 valence electrons. The monoisotopic (exact) mass is 442 g/mol. The summed E-state index contributed by atoms with van der Waals surface area (Å²) in [7, 11) is 0. The topological polar surface area (TPSA) is 72.8 Å². The van der Waals surface area contributed by atoms with E-state index in [4.69, 9.17) is 26.2 Å². The van der Waals surface area contributed by atoms with Crippen molar-refractivity contribution in [1.29, 1.82) is 0 Å². The molecule has 5 nitrogen and oxygen atoms in total. The third kappa shape index (κ3) is 9.48. The summed E-state index contributed by atoms with van der Waals surface area (Å²) in [6, 6.07) is 7.51. The lowest BCUT2D eigenvalue weighted by Gasteiger charge is -2.25. The quantitative estimate of drug-likeness (QED) is 0.395. The van der Waals surface area contributed by atoms with Gasteiger partial charge in [-0.15, -0.1) is 0 Å². The molecule has 0 spiro atoms. The molecule has 0 aliphatic carbocycles. The molecule has 6 heteroatoms. The summed E-state index contributed by atoms with van der Waals surface area (Å²) in [5.74, 6) is -0.832. The first-order chi connectivity index (χ1) is 14.0. The van der Waals surface area contributed by atoms with Crippen LogP contribution in [0.3, 0.4) is 0 Å². The van der Waals surface area contributed by atoms with Gasteiger partial charge in [0.1, 0.15) is 6.61 Å². The van der Waals surface area contributed by atoms with Crippen molar-refractivity contribution in [2.24, 2.45) is 10.8 Å². The van der Waals surface area contributed by atoms with Crippen LogP contribution in [-0.4, -0.2) is 29.8 Å². The maximum atomic E-state index is 12.1. The SMILES string of the molecule is CCC(C)(CC)C(=O)O.CCC(C)(CC)C(=O)OCC(C)OCc1ccc(Cl)cc1. The number of aliphatic carboxylic acids is 1. The third-order valence-electron chi connectivity index (χ3n) is 6.03. The summed E-state index contributed by atoms with van der Waals surface area (Å²) in [6.07, 6.45) is 2.84. The fourth-order valence-corrected chi connectivity index (χ4v) is 2.45. The van der Waals surface area contributed by atoms with E-state index in [1.807, 2.05) is 65.8 Å². The minimum atomic E-state index is -0.687. The van der Waals surface area contributed by atoms with Crippen molar-refractivity contribution in [2.75, 3.05) is 6.61 Å². The molecular weight excluding hydrogens is 404 g/mol. The average Bonchev–Trinajstić information content (AvgIpc) is 2.76. The number of hydrogen-bond acceptors (Lipinski definition) is 4. The van der Waals surface area contributed by atoms with Crippen LogP contribution in [0, 0.1) is 10.8 Å². The molecule has 1 rings (SSSR count). The van der Waals surface area contributed by atoms with E-state index >= 15 is 0 Å². The summed E-state index contributed by atoms with van der Waals surface area (Å²) < 4.78 is 11.1. The molecule has 0 aliphatic heterocycles. The number of halogens is 1. The van der Waals surface area contributed by atoms with Crippen molar-refractivity contribution in [3.63, 3.8) is 0 Å². The first-order valence-corrected chi connectivity index (χ1v) is 11.1. The number of carbonyl (C=O) groups is 2. The summed E-state index contributed by atoms with van der Waals surface area (Å²) in [6.45, 7) is 14.2. The van der Waals surface area contributed by atoms with E-state index in [0.717, 1.165) is 18.4 Å². The van der Waals surface area contributed by atoms with Crippen LogP contribution in [0.4, 0.5) is 0 Å². The molecule has 0 amide bonds. The lowest BCUT2D eigenvalue weighted by Crippen LogP contribution is -2.31. The molecule has 1 N–H and O–H groups in total. The smallest absolute Gasteiger partial charge is 0.311 e. The number of carboxylic acid groups (broad SMARTS) is 1. The zero-order chi connectivity index (χ0) is 23.4. The molecule has 0 aromatic heterocycles. The summed E-state index contributed by atoms with van der Waals surface area (Å²) in [5, 5.41) is 9.34. The second-order valence-electron chi connectivity index (χ2n) is 8.19. The highest BCUT2D eigenvalue weighted by atomic mass is 35.5. The molecule has 1 aromatic rings. The van der Waals surface area contributed by atoms with E-state index in [1.165, 1.54) is 0 Å². The molecule has 0 heterocycles. The molecular formula is C24H39ClO5. The van der Waals surface area contributed by atoms with E-state index in [2.05, 4.69) is 0 Å². The molecule has 0 aliphatic rings. The molecule has 0 saturated heterocycles. The Balaban J connectivity index is 0.000000787. The van der Waals surface area contributed by atoms with E-state index in [-0.39, 0.29) is 18.7 Å². The lowest BCUT2D eigenvalue weighted by atomic mass is 9.85. The first-order valence-electron chi connectivity index (χ1n) is 10.7. The van der Waals surface area contributed by atoms with Crippen LogP contribution in [0.5, 0.6) is 0 Å². The Bertz CT molecular complexity index is 634. The number of carboxylic acids is 1. The molecule has 30 heavy (non-hydrogen) atoms. The fourth-order valence-electron chi connectivity index (χ4n) is 2.33. The molecule has 1 unspecified atom stereocenters. The van der Waals surface area contributed by atoms with Crippen LogP contribution >= 0.6 is 11.6 Å². The maximum Gasteiger partial charge on any atom is 0.311 e. The van der Waals surface area contributed by atoms with Gasteiger partial charge in [-0.25, -0.2) is 0 Å². The van der Waals surface area contributed by atoms with Gasteiger partial charge in [-0.2, -0.15) is 0 Å². The molecule has 0 bridgehead atoms. The van der Waals surface area contributed by atoms with Gasteiger partial charge < -0.3 is 14.6 Å². The molecule has 1 aromatic carbocycles. The fraction of sp³-hybridized carbons (Fsp3) is 0.667. The normalized spacial score (nSPS) is 12.5. The largest absolute Gasteiger partial charge is 0.481 e. The highest BCUT2D eigenvalue weighted by Crippen LogP contribution is 2.27. The Morgan fingerprint density at radius 1 is 0.967 bits per heavy atom. The van der Waals surface area contributed by atoms with Crippen molar-refractivity contribution >= 4 is 23.5 Å². The Morgan fingerprint density at radius 3 is 1.80 bits per heavy atom. The number of hydrogen-bond donors (Lipinski definition) is 1. The van der Waals surface area contributed by atoms with Crippen molar-refractivity contribution in [1.82, 2.24) is 0 Å². The standard InChI is InChI=1S/C17H25ClO3.C7H14O2/c1-5-17(4,6-2)16(19)21-11-13(3)20-12-14-7-9-15(18)10-8-14;1-4-7(3,5-2)6(8)9/h7-10,13H,5-6,11-12H2,1-4H3;4-5H2,1-3H3,(H,8,9). The molecule has 0 radical (unpaired) electrons. The lowest BCUT2D eigenvalue weighted by molar-refractivity contribution is -0.159. The number of benzene rings is 1. The van der Waals surface area contributed by atoms with E-state index in [0.29, 0.717) is 24.5 Å². The van der Waals surface area contributed by atoms with Crippen molar-refractivity contribution in [2.45, 2.75) is 86.9 Å². The second kappa shape index (κ2) is 13.7. The highest BCUT2D eigenvalue weighted by molar-refractivity contribution is 6.30. The minimum absolute atomic E-state index is 0.136. The Morgan fingerprint density at radius 2 is 1.43 bits per heavy atom. The van der Waals surface area contributed by atoms with E-state index in [9.17, 15) is 9.59 Å². The first kappa shape index (κ1) is 28.4. The summed E-state index contributed by atoms with van der Waals surface area (Å²) in [4.78, 5) is 22.5. The van der Waals surface area contributed by atoms with Gasteiger partial charge in [0.2, 0.25) is 0 Å². The van der Waals surface area contributed by atoms with Gasteiger partial charge in [0.05, 0.1) is 23.5 Å². The van der Waals surface area contributed by atoms with Crippen LogP contribution < -0.4 is 0 Å². The Kier molecular flexibility index (Phi) is 12.9. The van der Waals surface area contributed by atoms with Gasteiger partial charge in [-0.05, 0) is 64.2 Å². The molecule has 0 saturated carbocycles. The van der Waals surface area contributed by atoms with Crippen LogP contribution in [0.2, 0.25) is 5.02 Å². The maximum absolute atomic E-state index is 12.1.